The predicted octanol–water partition coefficient (Wildman–Crippen LogP) is 6.85. The number of aliphatic hydroxyl groups is 1. The lowest BCUT2D eigenvalue weighted by Crippen LogP contribution is -2.65. The second-order valence-electron chi connectivity index (χ2n) is 21.4. The number of imidazole rings is 2. The fourth-order valence-electron chi connectivity index (χ4n) is 10.0. The smallest absolute Gasteiger partial charge is 0.274 e. The van der Waals surface area contributed by atoms with Gasteiger partial charge in [0.15, 0.2) is 11.3 Å². The van der Waals surface area contributed by atoms with Crippen LogP contribution in [-0.4, -0.2) is 136 Å². The molecule has 0 spiro atoms. The summed E-state index contributed by atoms with van der Waals surface area (Å²) >= 11 is 0. The molecule has 3 saturated heterocycles. The molecule has 0 unspecified atom stereocenters. The van der Waals surface area contributed by atoms with Gasteiger partial charge in [0.1, 0.15) is 28.6 Å². The van der Waals surface area contributed by atoms with Gasteiger partial charge in [-0.15, -0.1) is 0 Å². The highest BCUT2D eigenvalue weighted by Gasteiger charge is 2.47. The number of ether oxygens (including phenoxy) is 1. The molecule has 3 amide bonds. The first kappa shape index (κ1) is 46.6. The third kappa shape index (κ3) is 8.89. The highest BCUT2D eigenvalue weighted by molar-refractivity contribution is 5.95. The average Bonchev–Trinajstić information content (AvgIpc) is 4.15. The van der Waals surface area contributed by atoms with Gasteiger partial charge in [-0.25, -0.2) is 27.8 Å². The van der Waals surface area contributed by atoms with E-state index in [9.17, 15) is 28.3 Å². The number of halogens is 2. The first-order valence-electron chi connectivity index (χ1n) is 24.0. The maximum Gasteiger partial charge on any atom is 0.274 e. The summed E-state index contributed by atoms with van der Waals surface area (Å²) in [5.41, 5.74) is 4.94. The number of benzene rings is 2. The summed E-state index contributed by atoms with van der Waals surface area (Å²) in [6.07, 6.45) is 8.16. The Labute approximate surface area is 401 Å². The first-order valence-corrected chi connectivity index (χ1v) is 24.0. The van der Waals surface area contributed by atoms with E-state index in [0.717, 1.165) is 72.4 Å². The second kappa shape index (κ2) is 17.1. The van der Waals surface area contributed by atoms with Crippen molar-refractivity contribution in [2.24, 2.45) is 0 Å². The minimum absolute atomic E-state index is 0. The number of nitrogens with zero attached hydrogens (tertiary/aromatic N) is 9. The number of rotatable bonds is 7. The highest BCUT2D eigenvalue weighted by atomic mass is 19.1. The van der Waals surface area contributed by atoms with Crippen molar-refractivity contribution < 1.29 is 34.4 Å². The SMILES string of the molecule is CC1(c2cc(-c3ccc(F)cc3)nn3cc(C(=O)N4CCN(C(=O)C5(O)CCOCC5)CC4(C)C)nc23)CC1.CC1(c2cc(-c3ccc(F)cc3)nn3cc(C(=O)N4CCNCC4(C)C)nc23)CC1.[HH]. The fourth-order valence-corrected chi connectivity index (χ4v) is 10.0. The van der Waals surface area contributed by atoms with Crippen LogP contribution in [0, 0.1) is 11.6 Å². The fraction of sp³-hybridized carbons (Fsp3) is 0.481. The minimum atomic E-state index is -1.41. The molecule has 0 bridgehead atoms. The molecule has 6 aromatic rings. The van der Waals surface area contributed by atoms with Gasteiger partial charge in [-0.2, -0.15) is 10.2 Å². The number of hydrogen-bond acceptors (Lipinski definition) is 10. The van der Waals surface area contributed by atoms with E-state index in [1.165, 1.54) is 24.3 Å². The molecule has 7 heterocycles. The van der Waals surface area contributed by atoms with Gasteiger partial charge in [0.05, 0.1) is 34.9 Å². The van der Waals surface area contributed by atoms with E-state index in [-0.39, 0.29) is 60.0 Å². The average molecular weight is 945 g/mol. The van der Waals surface area contributed by atoms with Crippen LogP contribution in [0.25, 0.3) is 33.8 Å². The third-order valence-corrected chi connectivity index (χ3v) is 15.1. The van der Waals surface area contributed by atoms with Gasteiger partial charge in [0.2, 0.25) is 0 Å². The minimum Gasteiger partial charge on any atom is -0.381 e. The molecule has 2 N–H and O–H groups in total. The van der Waals surface area contributed by atoms with Crippen LogP contribution in [0.4, 0.5) is 8.78 Å². The number of carbonyl (C=O) groups is 3. The molecule has 2 saturated carbocycles. The Morgan fingerprint density at radius 3 is 1.55 bits per heavy atom. The lowest BCUT2D eigenvalue weighted by Gasteiger charge is -2.48. The largest absolute Gasteiger partial charge is 0.381 e. The summed E-state index contributed by atoms with van der Waals surface area (Å²) in [7, 11) is 0. The number of piperazine rings is 2. The molecule has 15 nitrogen and oxygen atoms in total. The number of nitrogens with one attached hydrogen (secondary N) is 1. The standard InChI is InChI=1S/C29H34FN5O4.C23H26FN5O.H2/c1-27(2)18-33(26(37)29(38)10-14-39-15-11-29)12-13-34(27)25(36)23-17-35-24(31-23)21(28(3)8-9-28)16-22(32-35)19-4-6-20(30)7-5-19;1-22(2)14-25-10-11-28(22)21(30)19-13-29-20(26-19)17(23(3)8-9-23)12-18(27-29)15-4-6-16(24)7-5-15;/h4-7,16-17,38H,8-15,18H2,1-3H3;4-7,12-13,25H,8-11,14H2,1-3H3;1H. The number of aromatic nitrogens is 6. The van der Waals surface area contributed by atoms with E-state index in [1.807, 2.05) is 30.9 Å². The molecule has 4 aromatic heterocycles. The number of fused-ring (bicyclic) bond motifs is 2. The Hall–Kier alpha value is -6.17. The second-order valence-corrected chi connectivity index (χ2v) is 21.4. The van der Waals surface area contributed by atoms with Gasteiger partial charge in [-0.1, -0.05) is 13.8 Å². The van der Waals surface area contributed by atoms with Crippen molar-refractivity contribution in [3.05, 3.63) is 107 Å². The zero-order valence-corrected chi connectivity index (χ0v) is 40.2. The summed E-state index contributed by atoms with van der Waals surface area (Å²) in [6.45, 7) is 16.2. The molecule has 3 aliphatic heterocycles. The molecule has 0 radical (unpaired) electrons. The molecular formula is C52H62F2N10O5. The summed E-state index contributed by atoms with van der Waals surface area (Å²) in [5.74, 6) is -1.17. The van der Waals surface area contributed by atoms with Crippen molar-refractivity contribution in [2.75, 3.05) is 52.5 Å². The van der Waals surface area contributed by atoms with E-state index in [4.69, 9.17) is 24.9 Å². The van der Waals surface area contributed by atoms with Crippen molar-refractivity contribution in [1.29, 1.82) is 0 Å². The Kier molecular flexibility index (Phi) is 11.5. The van der Waals surface area contributed by atoms with E-state index in [1.54, 1.807) is 55.5 Å². The quantitative estimate of drug-likeness (QED) is 0.173. The molecular weight excluding hydrogens is 883 g/mol. The van der Waals surface area contributed by atoms with Gasteiger partial charge >= 0.3 is 0 Å². The van der Waals surface area contributed by atoms with E-state index < -0.39 is 11.1 Å². The van der Waals surface area contributed by atoms with Crippen LogP contribution in [0.15, 0.2) is 73.1 Å². The normalized spacial score (nSPS) is 20.9. The summed E-state index contributed by atoms with van der Waals surface area (Å²) in [6, 6.07) is 16.6. The Bertz CT molecular complexity index is 2980. The van der Waals surface area contributed by atoms with Gasteiger partial charge in [0.25, 0.3) is 17.7 Å². The van der Waals surface area contributed by atoms with Crippen molar-refractivity contribution in [3.63, 3.8) is 0 Å². The molecule has 364 valence electrons. The van der Waals surface area contributed by atoms with E-state index >= 15 is 0 Å². The van der Waals surface area contributed by atoms with Crippen LogP contribution in [0.1, 0.15) is 114 Å². The summed E-state index contributed by atoms with van der Waals surface area (Å²) < 4.78 is 35.6. The highest BCUT2D eigenvalue weighted by Crippen LogP contribution is 2.50. The molecule has 2 aliphatic carbocycles. The maximum atomic E-state index is 13.8. The lowest BCUT2D eigenvalue weighted by molar-refractivity contribution is -0.164. The molecule has 5 fully saturated rings. The number of carbonyl (C=O) groups excluding carboxylic acids is 3. The summed E-state index contributed by atoms with van der Waals surface area (Å²) in [4.78, 5) is 55.1. The van der Waals surface area contributed by atoms with Crippen LogP contribution < -0.4 is 5.32 Å². The van der Waals surface area contributed by atoms with Gasteiger partial charge in [0, 0.05) is 89.0 Å². The zero-order chi connectivity index (χ0) is 48.7. The zero-order valence-electron chi connectivity index (χ0n) is 40.2. The predicted molar refractivity (Wildman–Crippen MR) is 257 cm³/mol. The molecule has 17 heteroatoms. The van der Waals surface area contributed by atoms with Gasteiger partial charge < -0.3 is 29.9 Å². The maximum absolute atomic E-state index is 13.8. The van der Waals surface area contributed by atoms with E-state index in [2.05, 4.69) is 33.0 Å². The Balaban J connectivity index is 0.000000177. The number of amides is 3. The Morgan fingerprint density at radius 1 is 0.652 bits per heavy atom. The van der Waals surface area contributed by atoms with Crippen LogP contribution in [0.2, 0.25) is 0 Å². The van der Waals surface area contributed by atoms with Crippen LogP contribution >= 0.6 is 0 Å². The first-order chi connectivity index (χ1) is 32.8. The molecule has 5 aliphatic rings. The monoisotopic (exact) mass is 944 g/mol. The topological polar surface area (TPSA) is 163 Å². The van der Waals surface area contributed by atoms with E-state index in [0.29, 0.717) is 62.1 Å². The molecule has 69 heavy (non-hydrogen) atoms. The molecule has 2 aromatic carbocycles. The van der Waals surface area contributed by atoms with Gasteiger partial charge in [-0.05, 0) is 125 Å². The van der Waals surface area contributed by atoms with Crippen LogP contribution in [0.3, 0.4) is 0 Å². The lowest BCUT2D eigenvalue weighted by atomic mass is 9.90. The number of hydrogen-bond donors (Lipinski definition) is 2. The Morgan fingerprint density at radius 2 is 1.12 bits per heavy atom. The van der Waals surface area contributed by atoms with Crippen LogP contribution in [0.5, 0.6) is 0 Å². The van der Waals surface area contributed by atoms with Crippen LogP contribution in [-0.2, 0) is 20.4 Å². The van der Waals surface area contributed by atoms with Crippen molar-refractivity contribution in [2.45, 2.75) is 108 Å². The van der Waals surface area contributed by atoms with Crippen molar-refractivity contribution in [1.82, 2.24) is 49.2 Å². The molecule has 0 atom stereocenters. The third-order valence-electron chi connectivity index (χ3n) is 15.1. The van der Waals surface area contributed by atoms with Crippen molar-refractivity contribution >= 4 is 29.0 Å². The summed E-state index contributed by atoms with van der Waals surface area (Å²) in [5, 5.41) is 23.7. The van der Waals surface area contributed by atoms with Crippen molar-refractivity contribution in [3.8, 4) is 22.5 Å². The molecule has 11 rings (SSSR count). The van der Waals surface area contributed by atoms with Gasteiger partial charge in [-0.3, -0.25) is 14.4 Å².